The number of halogens is 2. The van der Waals surface area contributed by atoms with Crippen LogP contribution in [0, 0.1) is 21.7 Å². The lowest BCUT2D eigenvalue weighted by molar-refractivity contribution is -0.385. The van der Waals surface area contributed by atoms with E-state index in [1.807, 2.05) is 0 Å². The molecule has 28 heavy (non-hydrogen) atoms. The molecule has 0 aromatic heterocycles. The molecule has 1 fully saturated rings. The Morgan fingerprint density at radius 2 is 2.04 bits per heavy atom. The summed E-state index contributed by atoms with van der Waals surface area (Å²) in [5, 5.41) is 17.0. The number of nitro benzene ring substituents is 1. The molecule has 0 saturated carbocycles. The van der Waals surface area contributed by atoms with Crippen LogP contribution in [-0.4, -0.2) is 37.1 Å². The number of amides is 1. The van der Waals surface area contributed by atoms with Crippen LogP contribution in [0.15, 0.2) is 36.4 Å². The molecular weight excluding hydrogens is 372 g/mol. The molecule has 2 unspecified atom stereocenters. The lowest BCUT2D eigenvalue weighted by atomic mass is 9.85. The van der Waals surface area contributed by atoms with Gasteiger partial charge in [0.25, 0.3) is 5.91 Å². The molecule has 9 heteroatoms. The van der Waals surface area contributed by atoms with E-state index in [4.69, 9.17) is 4.74 Å². The van der Waals surface area contributed by atoms with Crippen molar-refractivity contribution in [3.05, 3.63) is 69.3 Å². The smallest absolute Gasteiger partial charge is 0.310 e. The Balaban J connectivity index is 1.81. The average molecular weight is 391 g/mol. The first-order valence-corrected chi connectivity index (χ1v) is 8.69. The van der Waals surface area contributed by atoms with Crippen molar-refractivity contribution in [2.45, 2.75) is 18.4 Å². The number of nitrogens with one attached hydrogen (secondary N) is 2. The van der Waals surface area contributed by atoms with Crippen LogP contribution in [0.3, 0.4) is 0 Å². The first-order valence-electron chi connectivity index (χ1n) is 8.69. The number of ether oxygens (including phenoxy) is 1. The third-order valence-corrected chi connectivity index (χ3v) is 4.81. The first kappa shape index (κ1) is 19.7. The Bertz CT molecular complexity index is 907. The lowest BCUT2D eigenvalue weighted by Gasteiger charge is -2.33. The van der Waals surface area contributed by atoms with Gasteiger partial charge in [-0.2, -0.15) is 0 Å². The maximum atomic E-state index is 13.6. The lowest BCUT2D eigenvalue weighted by Crippen LogP contribution is -2.50. The Morgan fingerprint density at radius 1 is 1.25 bits per heavy atom. The van der Waals surface area contributed by atoms with Gasteiger partial charge in [-0.1, -0.05) is 6.07 Å². The summed E-state index contributed by atoms with van der Waals surface area (Å²) in [6, 6.07) is 7.25. The summed E-state index contributed by atoms with van der Waals surface area (Å²) in [6.45, 7) is 1.14. The molecule has 0 radical (unpaired) electrons. The molecule has 0 bridgehead atoms. The van der Waals surface area contributed by atoms with Crippen molar-refractivity contribution in [1.82, 2.24) is 10.6 Å². The summed E-state index contributed by atoms with van der Waals surface area (Å²) in [7, 11) is 1.29. The van der Waals surface area contributed by atoms with E-state index >= 15 is 0 Å². The molecule has 1 amide bonds. The number of methoxy groups -OCH3 is 1. The number of hydrogen-bond donors (Lipinski definition) is 2. The molecule has 0 spiro atoms. The third-order valence-electron chi connectivity index (χ3n) is 4.81. The highest BCUT2D eigenvalue weighted by atomic mass is 19.2. The molecule has 3 rings (SSSR count). The van der Waals surface area contributed by atoms with Crippen molar-refractivity contribution in [2.24, 2.45) is 0 Å². The van der Waals surface area contributed by atoms with Crippen LogP contribution in [0.4, 0.5) is 14.5 Å². The Morgan fingerprint density at radius 3 is 2.71 bits per heavy atom. The normalized spacial score (nSPS) is 19.1. The fraction of sp³-hybridized carbons (Fsp3) is 0.316. The minimum atomic E-state index is -0.929. The minimum absolute atomic E-state index is 0.0171. The van der Waals surface area contributed by atoms with Gasteiger partial charge in [0.05, 0.1) is 12.0 Å². The van der Waals surface area contributed by atoms with Crippen LogP contribution < -0.4 is 15.4 Å². The highest BCUT2D eigenvalue weighted by molar-refractivity contribution is 5.95. The summed E-state index contributed by atoms with van der Waals surface area (Å²) in [5.41, 5.74) is 0.571. The van der Waals surface area contributed by atoms with Crippen LogP contribution in [0.2, 0.25) is 0 Å². The predicted octanol–water partition coefficient (Wildman–Crippen LogP) is 2.76. The quantitative estimate of drug-likeness (QED) is 0.604. The maximum Gasteiger partial charge on any atom is 0.310 e. The van der Waals surface area contributed by atoms with Crippen LogP contribution in [-0.2, 0) is 0 Å². The van der Waals surface area contributed by atoms with Crippen LogP contribution >= 0.6 is 0 Å². The number of rotatable bonds is 5. The van der Waals surface area contributed by atoms with Crippen molar-refractivity contribution in [3.63, 3.8) is 0 Å². The Labute approximate surface area is 159 Å². The number of hydrogen-bond acceptors (Lipinski definition) is 5. The monoisotopic (exact) mass is 391 g/mol. The Kier molecular flexibility index (Phi) is 5.84. The second-order valence-electron chi connectivity index (χ2n) is 6.50. The van der Waals surface area contributed by atoms with Gasteiger partial charge in [-0.15, -0.1) is 0 Å². The number of carbonyl (C=O) groups excluding carboxylic acids is 1. The van der Waals surface area contributed by atoms with E-state index in [0.717, 1.165) is 12.1 Å². The van der Waals surface area contributed by atoms with Gasteiger partial charge in [-0.05, 0) is 36.7 Å². The standard InChI is InChI=1S/C19H19F2N3O4/c1-28-18-9-12(3-5-17(18)24(26)27)19(25)23-16-10-22-7-6-13(16)11-2-4-14(20)15(21)8-11/h2-5,8-9,13,16,22H,6-7,10H2,1H3,(H,23,25). The number of piperidine rings is 1. The molecule has 7 nitrogen and oxygen atoms in total. The SMILES string of the molecule is COc1cc(C(=O)NC2CNCCC2c2ccc(F)c(F)c2)ccc1[N+](=O)[O-]. The second-order valence-corrected chi connectivity index (χ2v) is 6.50. The molecule has 2 N–H and O–H groups in total. The molecule has 2 aromatic carbocycles. The number of nitrogens with zero attached hydrogens (tertiary/aromatic N) is 1. The molecule has 1 aliphatic heterocycles. The summed E-state index contributed by atoms with van der Waals surface area (Å²) in [5.74, 6) is -2.50. The molecular formula is C19H19F2N3O4. The zero-order valence-corrected chi connectivity index (χ0v) is 15.1. The second kappa shape index (κ2) is 8.30. The molecule has 2 aromatic rings. The van der Waals surface area contributed by atoms with Crippen LogP contribution in [0.5, 0.6) is 5.75 Å². The van der Waals surface area contributed by atoms with Gasteiger partial charge in [0.15, 0.2) is 17.4 Å². The first-order chi connectivity index (χ1) is 13.4. The molecule has 1 aliphatic rings. The fourth-order valence-corrected chi connectivity index (χ4v) is 3.37. The van der Waals surface area contributed by atoms with Crippen molar-refractivity contribution >= 4 is 11.6 Å². The van der Waals surface area contributed by atoms with Gasteiger partial charge in [0.1, 0.15) is 0 Å². The molecule has 1 heterocycles. The molecule has 0 aliphatic carbocycles. The third kappa shape index (κ3) is 4.09. The van der Waals surface area contributed by atoms with E-state index in [0.29, 0.717) is 25.1 Å². The topological polar surface area (TPSA) is 93.5 Å². The number of carbonyl (C=O) groups is 1. The van der Waals surface area contributed by atoms with Crippen molar-refractivity contribution in [2.75, 3.05) is 20.2 Å². The highest BCUT2D eigenvalue weighted by Gasteiger charge is 2.29. The Hall–Kier alpha value is -3.07. The van der Waals surface area contributed by atoms with Crippen molar-refractivity contribution < 1.29 is 23.2 Å². The van der Waals surface area contributed by atoms with Gasteiger partial charge in [-0.25, -0.2) is 8.78 Å². The van der Waals surface area contributed by atoms with Gasteiger partial charge >= 0.3 is 5.69 Å². The predicted molar refractivity (Wildman–Crippen MR) is 97.5 cm³/mol. The zero-order chi connectivity index (χ0) is 20.3. The minimum Gasteiger partial charge on any atom is -0.490 e. The van der Waals surface area contributed by atoms with Gasteiger partial charge in [0.2, 0.25) is 0 Å². The summed E-state index contributed by atoms with van der Waals surface area (Å²) < 4.78 is 31.9. The summed E-state index contributed by atoms with van der Waals surface area (Å²) in [4.78, 5) is 23.1. The van der Waals surface area contributed by atoms with Crippen LogP contribution in [0.25, 0.3) is 0 Å². The maximum absolute atomic E-state index is 13.6. The molecule has 148 valence electrons. The number of benzene rings is 2. The van der Waals surface area contributed by atoms with E-state index in [-0.39, 0.29) is 29.0 Å². The highest BCUT2D eigenvalue weighted by Crippen LogP contribution is 2.29. The summed E-state index contributed by atoms with van der Waals surface area (Å²) >= 11 is 0. The van der Waals surface area contributed by atoms with Crippen molar-refractivity contribution in [3.8, 4) is 5.75 Å². The number of nitro groups is 1. The fourth-order valence-electron chi connectivity index (χ4n) is 3.37. The van der Waals surface area contributed by atoms with Crippen molar-refractivity contribution in [1.29, 1.82) is 0 Å². The van der Waals surface area contributed by atoms with Gasteiger partial charge < -0.3 is 15.4 Å². The van der Waals surface area contributed by atoms with E-state index in [1.54, 1.807) is 0 Å². The van der Waals surface area contributed by atoms with E-state index in [1.165, 1.54) is 31.4 Å². The largest absolute Gasteiger partial charge is 0.490 e. The summed E-state index contributed by atoms with van der Waals surface area (Å²) in [6.07, 6.45) is 0.638. The van der Waals surface area contributed by atoms with E-state index in [9.17, 15) is 23.7 Å². The van der Waals surface area contributed by atoms with E-state index < -0.39 is 22.5 Å². The van der Waals surface area contributed by atoms with Crippen LogP contribution in [0.1, 0.15) is 28.3 Å². The van der Waals surface area contributed by atoms with E-state index in [2.05, 4.69) is 10.6 Å². The molecule has 1 saturated heterocycles. The zero-order valence-electron chi connectivity index (χ0n) is 15.1. The molecule has 2 atom stereocenters. The van der Waals surface area contributed by atoms with Gasteiger partial charge in [-0.3, -0.25) is 14.9 Å². The average Bonchev–Trinajstić information content (AvgIpc) is 2.70. The van der Waals surface area contributed by atoms with Gasteiger partial charge in [0, 0.05) is 36.2 Å².